The maximum atomic E-state index is 12.7. The van der Waals surface area contributed by atoms with Gasteiger partial charge in [0, 0.05) is 13.0 Å². The molecule has 1 saturated carbocycles. The van der Waals surface area contributed by atoms with E-state index in [0.29, 0.717) is 12.0 Å². The number of nitrogens with zero attached hydrogens (tertiary/aromatic N) is 1. The minimum Gasteiger partial charge on any atom is -0.391 e. The Hall–Kier alpha value is -2.41. The number of aryl methyl sites for hydroxylation is 1. The Labute approximate surface area is 205 Å². The fourth-order valence-electron chi connectivity index (χ4n) is 4.16. The SMILES string of the molecule is CC/C(=N\OCc1ccc(C(F)(F)F)cc1)c1ccc(CCC(=S)NCC2CCCCC2)cc1. The highest BCUT2D eigenvalue weighted by molar-refractivity contribution is 7.80. The molecule has 2 aromatic rings. The van der Waals surface area contributed by atoms with Gasteiger partial charge in [-0.3, -0.25) is 0 Å². The Bertz CT molecular complexity index is 934. The highest BCUT2D eigenvalue weighted by Crippen LogP contribution is 2.29. The molecule has 1 aliphatic carbocycles. The van der Waals surface area contributed by atoms with Crippen molar-refractivity contribution < 1.29 is 18.0 Å². The zero-order chi connectivity index (χ0) is 24.4. The molecule has 0 aromatic heterocycles. The van der Waals surface area contributed by atoms with Crippen molar-refractivity contribution in [2.24, 2.45) is 11.1 Å². The monoisotopic (exact) mass is 490 g/mol. The summed E-state index contributed by atoms with van der Waals surface area (Å²) in [6.45, 7) is 3.11. The van der Waals surface area contributed by atoms with E-state index in [1.165, 1.54) is 49.8 Å². The summed E-state index contributed by atoms with van der Waals surface area (Å²) in [5, 5.41) is 7.66. The van der Waals surface area contributed by atoms with Crippen LogP contribution in [0.5, 0.6) is 0 Å². The van der Waals surface area contributed by atoms with Crippen LogP contribution < -0.4 is 5.32 Å². The van der Waals surface area contributed by atoms with Crippen LogP contribution in [0.3, 0.4) is 0 Å². The van der Waals surface area contributed by atoms with Gasteiger partial charge in [-0.2, -0.15) is 13.2 Å². The Morgan fingerprint density at radius 3 is 2.26 bits per heavy atom. The lowest BCUT2D eigenvalue weighted by molar-refractivity contribution is -0.137. The number of oxime groups is 1. The van der Waals surface area contributed by atoms with Crippen LogP contribution >= 0.6 is 12.2 Å². The van der Waals surface area contributed by atoms with Crippen LogP contribution in [0.1, 0.15) is 74.1 Å². The van der Waals surface area contributed by atoms with E-state index in [0.717, 1.165) is 53.7 Å². The molecule has 34 heavy (non-hydrogen) atoms. The van der Waals surface area contributed by atoms with Crippen molar-refractivity contribution in [1.82, 2.24) is 5.32 Å². The van der Waals surface area contributed by atoms with Gasteiger partial charge >= 0.3 is 6.18 Å². The molecule has 3 rings (SSSR count). The average molecular weight is 491 g/mol. The third kappa shape index (κ3) is 8.42. The van der Waals surface area contributed by atoms with Crippen molar-refractivity contribution in [2.45, 2.75) is 71.1 Å². The van der Waals surface area contributed by atoms with E-state index in [4.69, 9.17) is 17.1 Å². The summed E-state index contributed by atoms with van der Waals surface area (Å²) < 4.78 is 38.0. The molecule has 3 nitrogen and oxygen atoms in total. The van der Waals surface area contributed by atoms with Gasteiger partial charge in [0.05, 0.1) is 16.3 Å². The number of nitrogens with one attached hydrogen (secondary N) is 1. The van der Waals surface area contributed by atoms with Gasteiger partial charge < -0.3 is 10.2 Å². The molecule has 0 spiro atoms. The van der Waals surface area contributed by atoms with E-state index in [1.54, 1.807) is 0 Å². The van der Waals surface area contributed by atoms with Crippen LogP contribution in [0.2, 0.25) is 0 Å². The first-order valence-electron chi connectivity index (χ1n) is 12.1. The van der Waals surface area contributed by atoms with Crippen LogP contribution in [-0.2, 0) is 24.0 Å². The van der Waals surface area contributed by atoms with E-state index in [1.807, 2.05) is 19.1 Å². The largest absolute Gasteiger partial charge is 0.416 e. The number of hydrogen-bond donors (Lipinski definition) is 1. The third-order valence-electron chi connectivity index (χ3n) is 6.26. The highest BCUT2D eigenvalue weighted by Gasteiger charge is 2.29. The van der Waals surface area contributed by atoms with Crippen LogP contribution in [-0.4, -0.2) is 17.2 Å². The van der Waals surface area contributed by atoms with Crippen LogP contribution in [0.25, 0.3) is 0 Å². The lowest BCUT2D eigenvalue weighted by Crippen LogP contribution is -2.29. The molecule has 0 radical (unpaired) electrons. The first kappa shape index (κ1) is 26.2. The van der Waals surface area contributed by atoms with E-state index < -0.39 is 11.7 Å². The van der Waals surface area contributed by atoms with Gasteiger partial charge in [-0.1, -0.05) is 80.0 Å². The highest BCUT2D eigenvalue weighted by atomic mass is 32.1. The molecule has 0 amide bonds. The number of hydrogen-bond acceptors (Lipinski definition) is 3. The Balaban J connectivity index is 1.45. The topological polar surface area (TPSA) is 33.6 Å². The Morgan fingerprint density at radius 2 is 1.65 bits per heavy atom. The molecule has 0 aliphatic heterocycles. The van der Waals surface area contributed by atoms with E-state index >= 15 is 0 Å². The summed E-state index contributed by atoms with van der Waals surface area (Å²) in [7, 11) is 0. The Kier molecular flexibility index (Phi) is 9.93. The fourth-order valence-corrected chi connectivity index (χ4v) is 4.34. The summed E-state index contributed by atoms with van der Waals surface area (Å²) in [6.07, 6.45) is 4.75. The summed E-state index contributed by atoms with van der Waals surface area (Å²) in [6, 6.07) is 13.1. The molecule has 0 heterocycles. The fraction of sp³-hybridized carbons (Fsp3) is 0.481. The molecule has 184 valence electrons. The maximum Gasteiger partial charge on any atom is 0.416 e. The standard InChI is InChI=1S/C27H33F3N2OS/c1-2-25(32-33-19-22-10-15-24(16-11-22)27(28,29)30)23-13-8-20(9-14-23)12-17-26(34)31-18-21-6-4-3-5-7-21/h8-11,13-16,21H,2-7,12,17-19H2,1H3,(H,31,34)/b32-25+. The number of rotatable bonds is 10. The van der Waals surface area contributed by atoms with Gasteiger partial charge in [-0.15, -0.1) is 0 Å². The van der Waals surface area contributed by atoms with Crippen molar-refractivity contribution in [1.29, 1.82) is 0 Å². The number of alkyl halides is 3. The number of halogens is 3. The summed E-state index contributed by atoms with van der Waals surface area (Å²) in [5.41, 5.74) is 2.94. The maximum absolute atomic E-state index is 12.7. The van der Waals surface area contributed by atoms with E-state index in [9.17, 15) is 13.2 Å². The second-order valence-corrected chi connectivity index (χ2v) is 9.36. The molecule has 7 heteroatoms. The summed E-state index contributed by atoms with van der Waals surface area (Å²) in [5.74, 6) is 0.763. The lowest BCUT2D eigenvalue weighted by atomic mass is 9.89. The zero-order valence-electron chi connectivity index (χ0n) is 19.7. The molecule has 0 unspecified atom stereocenters. The van der Waals surface area contributed by atoms with Crippen LogP contribution in [0, 0.1) is 5.92 Å². The van der Waals surface area contributed by atoms with Crippen molar-refractivity contribution in [3.8, 4) is 0 Å². The molecular weight excluding hydrogens is 457 g/mol. The lowest BCUT2D eigenvalue weighted by Gasteiger charge is -2.22. The number of benzene rings is 2. The Morgan fingerprint density at radius 1 is 1.00 bits per heavy atom. The first-order valence-corrected chi connectivity index (χ1v) is 12.5. The molecule has 1 aliphatic rings. The third-order valence-corrected chi connectivity index (χ3v) is 6.61. The van der Waals surface area contributed by atoms with Gasteiger partial charge in [-0.05, 0) is 60.4 Å². The second kappa shape index (κ2) is 12.9. The zero-order valence-corrected chi connectivity index (χ0v) is 20.5. The van der Waals surface area contributed by atoms with Gasteiger partial charge in [0.25, 0.3) is 0 Å². The summed E-state index contributed by atoms with van der Waals surface area (Å²) in [4.78, 5) is 6.35. The van der Waals surface area contributed by atoms with Crippen molar-refractivity contribution in [3.63, 3.8) is 0 Å². The smallest absolute Gasteiger partial charge is 0.391 e. The molecule has 0 atom stereocenters. The van der Waals surface area contributed by atoms with Gasteiger partial charge in [0.15, 0.2) is 0 Å². The van der Waals surface area contributed by atoms with Gasteiger partial charge in [0.1, 0.15) is 6.61 Å². The van der Waals surface area contributed by atoms with Gasteiger partial charge in [0.2, 0.25) is 0 Å². The number of thiocarbonyl (C=S) groups is 1. The van der Waals surface area contributed by atoms with Crippen molar-refractivity contribution in [2.75, 3.05) is 6.54 Å². The van der Waals surface area contributed by atoms with Crippen LogP contribution in [0.4, 0.5) is 13.2 Å². The quantitative estimate of drug-likeness (QED) is 0.213. The summed E-state index contributed by atoms with van der Waals surface area (Å²) >= 11 is 5.52. The average Bonchev–Trinajstić information content (AvgIpc) is 2.85. The molecular formula is C27H33F3N2OS. The normalized spacial score (nSPS) is 15.2. The predicted octanol–water partition coefficient (Wildman–Crippen LogP) is 7.47. The van der Waals surface area contributed by atoms with Crippen molar-refractivity contribution in [3.05, 3.63) is 70.8 Å². The molecule has 2 aromatic carbocycles. The molecule has 1 N–H and O–H groups in total. The molecule has 0 saturated heterocycles. The predicted molar refractivity (Wildman–Crippen MR) is 135 cm³/mol. The minimum atomic E-state index is -4.34. The second-order valence-electron chi connectivity index (χ2n) is 8.86. The minimum absolute atomic E-state index is 0.116. The van der Waals surface area contributed by atoms with E-state index in [-0.39, 0.29) is 6.61 Å². The first-order chi connectivity index (χ1) is 16.3. The van der Waals surface area contributed by atoms with E-state index in [2.05, 4.69) is 22.6 Å². The molecule has 1 fully saturated rings. The van der Waals surface area contributed by atoms with Crippen LogP contribution in [0.15, 0.2) is 53.7 Å². The molecule has 0 bridgehead atoms. The van der Waals surface area contributed by atoms with Gasteiger partial charge in [-0.25, -0.2) is 0 Å². The van der Waals surface area contributed by atoms with Crippen molar-refractivity contribution >= 4 is 22.9 Å².